The fraction of sp³-hybridized carbons (Fsp3) is 0.318. The fourth-order valence-electron chi connectivity index (χ4n) is 3.63. The number of aromatic nitrogens is 3. The molecule has 0 bridgehead atoms. The molecule has 0 saturated heterocycles. The van der Waals surface area contributed by atoms with Crippen molar-refractivity contribution < 1.29 is 9.18 Å². The van der Waals surface area contributed by atoms with Crippen LogP contribution >= 0.6 is 35.0 Å². The highest BCUT2D eigenvalue weighted by Crippen LogP contribution is 2.31. The van der Waals surface area contributed by atoms with Crippen molar-refractivity contribution in [1.29, 1.82) is 0 Å². The Hall–Kier alpha value is -2.09. The Kier molecular flexibility index (Phi) is 7.15. The predicted molar refractivity (Wildman–Crippen MR) is 121 cm³/mol. The van der Waals surface area contributed by atoms with Gasteiger partial charge in [0.05, 0.1) is 17.3 Å². The van der Waals surface area contributed by atoms with Gasteiger partial charge < -0.3 is 5.32 Å². The van der Waals surface area contributed by atoms with Crippen LogP contribution in [-0.4, -0.2) is 20.7 Å². The van der Waals surface area contributed by atoms with Gasteiger partial charge in [-0.1, -0.05) is 59.9 Å². The quantitative estimate of drug-likeness (QED) is 0.435. The summed E-state index contributed by atoms with van der Waals surface area (Å²) in [4.78, 5) is 12.5. The molecule has 1 fully saturated rings. The molecule has 0 atom stereocenters. The lowest BCUT2D eigenvalue weighted by molar-refractivity contribution is -0.125. The van der Waals surface area contributed by atoms with Gasteiger partial charge in [0.15, 0.2) is 11.0 Å². The van der Waals surface area contributed by atoms with Crippen LogP contribution in [0.5, 0.6) is 0 Å². The first-order valence-corrected chi connectivity index (χ1v) is 11.8. The molecular weight excluding hydrogens is 458 g/mol. The van der Waals surface area contributed by atoms with Gasteiger partial charge in [-0.05, 0) is 48.7 Å². The summed E-state index contributed by atoms with van der Waals surface area (Å²) < 4.78 is 15.0. The summed E-state index contributed by atoms with van der Waals surface area (Å²) in [6.07, 6.45) is 4.04. The maximum Gasteiger partial charge on any atom is 0.223 e. The lowest BCUT2D eigenvalue weighted by Crippen LogP contribution is -2.29. The van der Waals surface area contributed by atoms with Crippen LogP contribution in [0.1, 0.15) is 37.1 Å². The van der Waals surface area contributed by atoms with Crippen molar-refractivity contribution in [2.45, 2.75) is 43.1 Å². The largest absolute Gasteiger partial charge is 0.349 e. The zero-order valence-corrected chi connectivity index (χ0v) is 19.0. The van der Waals surface area contributed by atoms with Gasteiger partial charge in [-0.2, -0.15) is 0 Å². The summed E-state index contributed by atoms with van der Waals surface area (Å²) >= 11 is 14.1. The lowest BCUT2D eigenvalue weighted by Gasteiger charge is -2.14. The van der Waals surface area contributed by atoms with Gasteiger partial charge in [-0.15, -0.1) is 10.2 Å². The molecule has 31 heavy (non-hydrogen) atoms. The Morgan fingerprint density at radius 1 is 1.13 bits per heavy atom. The maximum atomic E-state index is 13.2. The number of thioether (sulfide) groups is 1. The third kappa shape index (κ3) is 5.40. The van der Waals surface area contributed by atoms with Crippen LogP contribution in [0.25, 0.3) is 5.69 Å². The molecule has 1 heterocycles. The van der Waals surface area contributed by atoms with Crippen LogP contribution in [0.15, 0.2) is 47.6 Å². The first-order valence-electron chi connectivity index (χ1n) is 10.1. The molecule has 0 unspecified atom stereocenters. The van der Waals surface area contributed by atoms with Crippen molar-refractivity contribution in [1.82, 2.24) is 20.1 Å². The number of carbonyl (C=O) groups excluding carboxylic acids is 1. The van der Waals surface area contributed by atoms with Gasteiger partial charge in [0.2, 0.25) is 5.91 Å². The molecule has 0 spiro atoms. The number of benzene rings is 2. The Morgan fingerprint density at radius 2 is 1.87 bits per heavy atom. The minimum absolute atomic E-state index is 0.0461. The number of hydrogen-bond acceptors (Lipinski definition) is 4. The number of amides is 1. The van der Waals surface area contributed by atoms with Crippen LogP contribution in [0.2, 0.25) is 10.0 Å². The first kappa shape index (κ1) is 22.1. The number of carbonyl (C=O) groups is 1. The predicted octanol–water partition coefficient (Wildman–Crippen LogP) is 5.81. The monoisotopic (exact) mass is 478 g/mol. The average molecular weight is 479 g/mol. The minimum atomic E-state index is -0.275. The summed E-state index contributed by atoms with van der Waals surface area (Å²) in [7, 11) is 0. The van der Waals surface area contributed by atoms with Gasteiger partial charge in [0.25, 0.3) is 0 Å². The number of hydrogen-bond donors (Lipinski definition) is 1. The second kappa shape index (κ2) is 10.0. The van der Waals surface area contributed by atoms with E-state index in [2.05, 4.69) is 15.5 Å². The summed E-state index contributed by atoms with van der Waals surface area (Å²) in [6, 6.07) is 11.5. The average Bonchev–Trinajstić information content (AvgIpc) is 3.44. The normalized spacial score (nSPS) is 14.2. The third-order valence-electron chi connectivity index (χ3n) is 5.28. The molecule has 2 aromatic carbocycles. The highest BCUT2D eigenvalue weighted by atomic mass is 35.5. The van der Waals surface area contributed by atoms with E-state index in [9.17, 15) is 9.18 Å². The molecule has 0 aliphatic heterocycles. The van der Waals surface area contributed by atoms with E-state index in [0.29, 0.717) is 32.5 Å². The van der Waals surface area contributed by atoms with E-state index in [-0.39, 0.29) is 24.2 Å². The van der Waals surface area contributed by atoms with Crippen LogP contribution in [0.3, 0.4) is 0 Å². The zero-order chi connectivity index (χ0) is 21.8. The van der Waals surface area contributed by atoms with Gasteiger partial charge in [-0.25, -0.2) is 4.39 Å². The maximum absolute atomic E-state index is 13.2. The topological polar surface area (TPSA) is 59.8 Å². The summed E-state index contributed by atoms with van der Waals surface area (Å²) in [5.41, 5.74) is 1.60. The second-order valence-electron chi connectivity index (χ2n) is 7.44. The number of rotatable bonds is 7. The second-order valence-corrected chi connectivity index (χ2v) is 9.23. The number of nitrogens with zero attached hydrogens (tertiary/aromatic N) is 3. The van der Waals surface area contributed by atoms with Gasteiger partial charge in [0.1, 0.15) is 5.82 Å². The van der Waals surface area contributed by atoms with Gasteiger partial charge >= 0.3 is 0 Å². The molecular formula is C22H21Cl2FN4OS. The number of nitrogens with one attached hydrogen (secondary N) is 1. The van der Waals surface area contributed by atoms with Crippen molar-refractivity contribution in [3.63, 3.8) is 0 Å². The summed E-state index contributed by atoms with van der Waals surface area (Å²) in [5.74, 6) is 0.980. The molecule has 1 aromatic heterocycles. The van der Waals surface area contributed by atoms with Crippen molar-refractivity contribution in [2.75, 3.05) is 0 Å². The van der Waals surface area contributed by atoms with Crippen molar-refractivity contribution >= 4 is 40.9 Å². The molecule has 1 N–H and O–H groups in total. The molecule has 1 saturated carbocycles. The van der Waals surface area contributed by atoms with Crippen molar-refractivity contribution in [2.24, 2.45) is 5.92 Å². The summed E-state index contributed by atoms with van der Waals surface area (Å²) in [6.45, 7) is 0.238. The highest BCUT2D eigenvalue weighted by Gasteiger charge is 2.24. The first-order chi connectivity index (χ1) is 15.0. The van der Waals surface area contributed by atoms with E-state index in [0.717, 1.165) is 31.2 Å². The van der Waals surface area contributed by atoms with Crippen LogP contribution in [0.4, 0.5) is 4.39 Å². The molecule has 1 aliphatic rings. The van der Waals surface area contributed by atoms with E-state index < -0.39 is 0 Å². The fourth-order valence-corrected chi connectivity index (χ4v) is 4.92. The van der Waals surface area contributed by atoms with E-state index in [1.165, 1.54) is 23.9 Å². The van der Waals surface area contributed by atoms with E-state index in [4.69, 9.17) is 23.2 Å². The zero-order valence-electron chi connectivity index (χ0n) is 16.7. The highest BCUT2D eigenvalue weighted by molar-refractivity contribution is 7.98. The van der Waals surface area contributed by atoms with Gasteiger partial charge in [0, 0.05) is 16.7 Å². The Balaban J connectivity index is 1.59. The number of halogens is 3. The molecule has 162 valence electrons. The minimum Gasteiger partial charge on any atom is -0.349 e. The third-order valence-corrected chi connectivity index (χ3v) is 6.83. The molecule has 3 aromatic rings. The van der Waals surface area contributed by atoms with E-state index >= 15 is 0 Å². The van der Waals surface area contributed by atoms with E-state index in [1.807, 2.05) is 4.57 Å². The molecule has 1 aliphatic carbocycles. The van der Waals surface area contributed by atoms with Crippen LogP contribution in [-0.2, 0) is 17.1 Å². The van der Waals surface area contributed by atoms with Crippen molar-refractivity contribution in [3.05, 3.63) is 69.7 Å². The smallest absolute Gasteiger partial charge is 0.223 e. The molecule has 5 nitrogen and oxygen atoms in total. The summed E-state index contributed by atoms with van der Waals surface area (Å²) in [5, 5.41) is 13.3. The Bertz CT molecular complexity index is 1070. The molecule has 9 heteroatoms. The molecule has 0 radical (unpaired) electrons. The van der Waals surface area contributed by atoms with Crippen LogP contribution < -0.4 is 5.32 Å². The van der Waals surface area contributed by atoms with E-state index in [1.54, 1.807) is 30.3 Å². The molecule has 1 amide bonds. The lowest BCUT2D eigenvalue weighted by atomic mass is 10.1. The standard InChI is InChI=1S/C22H21Cl2FN4OS/c23-16-7-10-18(24)19(11-16)29-20(12-26-21(30)15-3-1-2-4-15)27-28-22(29)31-13-14-5-8-17(25)9-6-14/h5-11,15H,1-4,12-13H2,(H,26,30). The van der Waals surface area contributed by atoms with Gasteiger partial charge in [-0.3, -0.25) is 9.36 Å². The van der Waals surface area contributed by atoms with Crippen LogP contribution in [0, 0.1) is 11.7 Å². The Labute approximate surface area is 194 Å². The SMILES string of the molecule is O=C(NCc1nnc(SCc2ccc(F)cc2)n1-c1cc(Cl)ccc1Cl)C1CCCC1. The van der Waals surface area contributed by atoms with Crippen molar-refractivity contribution in [3.8, 4) is 5.69 Å². The Morgan fingerprint density at radius 3 is 2.61 bits per heavy atom. The molecule has 4 rings (SSSR count).